The van der Waals surface area contributed by atoms with Crippen molar-refractivity contribution >= 4 is 28.9 Å². The Morgan fingerprint density at radius 1 is 1.33 bits per heavy atom. The fourth-order valence-corrected chi connectivity index (χ4v) is 2.78. The summed E-state index contributed by atoms with van der Waals surface area (Å²) in [6.45, 7) is 0.361. The number of carboxylic acid groups (broad SMARTS) is 1. The number of benzene rings is 1. The number of hydrogen-bond donors (Lipinski definition) is 2. The summed E-state index contributed by atoms with van der Waals surface area (Å²) < 4.78 is 0. The lowest BCUT2D eigenvalue weighted by Gasteiger charge is -2.04. The molecule has 0 aliphatic carbocycles. The van der Waals surface area contributed by atoms with Gasteiger partial charge in [-0.2, -0.15) is 0 Å². The molecule has 1 amide bonds. The molecule has 0 radical (unpaired) electrons. The van der Waals surface area contributed by atoms with E-state index in [2.05, 4.69) is 10.3 Å². The van der Waals surface area contributed by atoms with Gasteiger partial charge < -0.3 is 10.4 Å². The Morgan fingerprint density at radius 2 is 2.12 bits per heavy atom. The number of aromatic nitrogens is 1. The summed E-state index contributed by atoms with van der Waals surface area (Å²) >= 11 is 1.24. The van der Waals surface area contributed by atoms with E-state index >= 15 is 0 Å². The first kappa shape index (κ1) is 17.5. The second kappa shape index (κ2) is 8.16. The van der Waals surface area contributed by atoms with E-state index in [1.54, 1.807) is 12.1 Å². The van der Waals surface area contributed by atoms with Crippen LogP contribution in [0.4, 0.5) is 5.69 Å². The lowest BCUT2D eigenvalue weighted by molar-refractivity contribution is -0.384. The lowest BCUT2D eigenvalue weighted by Crippen LogP contribution is -2.25. The molecule has 0 bridgehead atoms. The van der Waals surface area contributed by atoms with E-state index in [4.69, 9.17) is 5.11 Å². The molecule has 0 saturated carbocycles. The summed E-state index contributed by atoms with van der Waals surface area (Å²) in [6, 6.07) is 6.19. The largest absolute Gasteiger partial charge is 0.476 e. The van der Waals surface area contributed by atoms with Crippen LogP contribution in [0.3, 0.4) is 0 Å². The number of non-ortho nitro benzene ring substituents is 1. The summed E-state index contributed by atoms with van der Waals surface area (Å²) in [5.41, 5.74) is 0.739. The Balaban J connectivity index is 1.74. The maximum atomic E-state index is 11.8. The van der Waals surface area contributed by atoms with Gasteiger partial charge in [0, 0.05) is 36.9 Å². The Hall–Kier alpha value is -2.81. The molecule has 0 saturated heterocycles. The Morgan fingerprint density at radius 3 is 2.79 bits per heavy atom. The number of rotatable bonds is 8. The van der Waals surface area contributed by atoms with Crippen molar-refractivity contribution in [3.63, 3.8) is 0 Å². The zero-order chi connectivity index (χ0) is 17.5. The third kappa shape index (κ3) is 5.13. The normalized spacial score (nSPS) is 10.3. The van der Waals surface area contributed by atoms with Crippen molar-refractivity contribution in [2.75, 3.05) is 6.54 Å². The Labute approximate surface area is 141 Å². The van der Waals surface area contributed by atoms with E-state index in [-0.39, 0.29) is 23.7 Å². The van der Waals surface area contributed by atoms with Crippen molar-refractivity contribution in [3.8, 4) is 0 Å². The van der Waals surface area contributed by atoms with Crippen molar-refractivity contribution in [2.45, 2.75) is 19.3 Å². The zero-order valence-corrected chi connectivity index (χ0v) is 13.4. The number of nitro groups is 1. The van der Waals surface area contributed by atoms with Crippen LogP contribution in [-0.2, 0) is 17.6 Å². The maximum Gasteiger partial charge on any atom is 0.355 e. The van der Waals surface area contributed by atoms with E-state index in [9.17, 15) is 19.7 Å². The number of carbonyl (C=O) groups is 2. The minimum Gasteiger partial charge on any atom is -0.476 e. The Bertz CT molecular complexity index is 759. The van der Waals surface area contributed by atoms with Crippen molar-refractivity contribution in [3.05, 3.63) is 56.0 Å². The zero-order valence-electron chi connectivity index (χ0n) is 12.6. The summed E-state index contributed by atoms with van der Waals surface area (Å²) in [7, 11) is 0. The van der Waals surface area contributed by atoms with Gasteiger partial charge in [-0.3, -0.25) is 14.9 Å². The van der Waals surface area contributed by atoms with Crippen LogP contribution < -0.4 is 5.32 Å². The molecule has 2 rings (SSSR count). The predicted molar refractivity (Wildman–Crippen MR) is 87.2 cm³/mol. The monoisotopic (exact) mass is 349 g/mol. The van der Waals surface area contributed by atoms with Crippen LogP contribution in [0.15, 0.2) is 29.6 Å². The number of nitrogens with zero attached hydrogens (tertiary/aromatic N) is 2. The van der Waals surface area contributed by atoms with Gasteiger partial charge in [-0.15, -0.1) is 11.3 Å². The summed E-state index contributed by atoms with van der Waals surface area (Å²) in [4.78, 5) is 36.7. The predicted octanol–water partition coefficient (Wildman–Crippen LogP) is 2.04. The number of carbonyl (C=O) groups excluding carboxylic acids is 1. The van der Waals surface area contributed by atoms with Gasteiger partial charge in [0.2, 0.25) is 5.91 Å². The number of thiazole rings is 1. The lowest BCUT2D eigenvalue weighted by atomic mass is 10.1. The molecular weight excluding hydrogens is 334 g/mol. The first-order chi connectivity index (χ1) is 11.5. The van der Waals surface area contributed by atoms with Crippen molar-refractivity contribution in [1.29, 1.82) is 0 Å². The number of amides is 1. The molecule has 0 fully saturated rings. The number of carboxylic acids is 1. The molecule has 24 heavy (non-hydrogen) atoms. The van der Waals surface area contributed by atoms with Crippen molar-refractivity contribution in [1.82, 2.24) is 10.3 Å². The second-order valence-electron chi connectivity index (χ2n) is 4.96. The number of hydrogen-bond acceptors (Lipinski definition) is 6. The van der Waals surface area contributed by atoms with Gasteiger partial charge in [0.25, 0.3) is 5.69 Å². The van der Waals surface area contributed by atoms with Crippen LogP contribution in [0.5, 0.6) is 0 Å². The molecule has 0 aliphatic heterocycles. The smallest absolute Gasteiger partial charge is 0.355 e. The average Bonchev–Trinajstić information content (AvgIpc) is 3.02. The van der Waals surface area contributed by atoms with Gasteiger partial charge in [-0.05, 0) is 12.0 Å². The number of aromatic carboxylic acids is 1. The standard InChI is InChI=1S/C15H15N3O5S/c19-13(5-4-10-2-1-3-11(8-10)18(22)23)16-7-6-14-17-12(9-24-14)15(20)21/h1-3,8-9H,4-7H2,(H,16,19)(H,20,21). The van der Waals surface area contributed by atoms with Crippen LogP contribution in [0.2, 0.25) is 0 Å². The van der Waals surface area contributed by atoms with Gasteiger partial charge in [-0.1, -0.05) is 12.1 Å². The SMILES string of the molecule is O=C(CCc1cccc([N+](=O)[O-])c1)NCCc1nc(C(=O)O)cs1. The van der Waals surface area contributed by atoms with Crippen LogP contribution in [0.1, 0.15) is 27.5 Å². The van der Waals surface area contributed by atoms with E-state index in [0.717, 1.165) is 5.56 Å². The maximum absolute atomic E-state index is 11.8. The van der Waals surface area contributed by atoms with E-state index in [1.165, 1.54) is 28.8 Å². The van der Waals surface area contributed by atoms with E-state index in [0.29, 0.717) is 24.4 Å². The number of nitrogens with one attached hydrogen (secondary N) is 1. The molecule has 0 spiro atoms. The minimum atomic E-state index is -1.07. The molecule has 2 aromatic rings. The first-order valence-corrected chi connectivity index (χ1v) is 8.01. The van der Waals surface area contributed by atoms with Crippen LogP contribution in [-0.4, -0.2) is 33.4 Å². The van der Waals surface area contributed by atoms with E-state index in [1.807, 2.05) is 0 Å². The van der Waals surface area contributed by atoms with Gasteiger partial charge in [0.15, 0.2) is 5.69 Å². The second-order valence-corrected chi connectivity index (χ2v) is 5.90. The summed E-state index contributed by atoms with van der Waals surface area (Å²) in [5.74, 6) is -1.24. The highest BCUT2D eigenvalue weighted by Crippen LogP contribution is 2.14. The molecule has 1 aromatic heterocycles. The third-order valence-electron chi connectivity index (χ3n) is 3.19. The molecule has 0 unspecified atom stereocenters. The molecule has 2 N–H and O–H groups in total. The van der Waals surface area contributed by atoms with Crippen LogP contribution in [0, 0.1) is 10.1 Å². The minimum absolute atomic E-state index is 0.00547. The first-order valence-electron chi connectivity index (χ1n) is 7.13. The highest BCUT2D eigenvalue weighted by Gasteiger charge is 2.10. The highest BCUT2D eigenvalue weighted by atomic mass is 32.1. The van der Waals surface area contributed by atoms with Gasteiger partial charge in [-0.25, -0.2) is 9.78 Å². The molecule has 0 atom stereocenters. The van der Waals surface area contributed by atoms with Crippen molar-refractivity contribution < 1.29 is 19.6 Å². The average molecular weight is 349 g/mol. The third-order valence-corrected chi connectivity index (χ3v) is 4.10. The fourth-order valence-electron chi connectivity index (χ4n) is 2.00. The van der Waals surface area contributed by atoms with Crippen LogP contribution in [0.25, 0.3) is 0 Å². The van der Waals surface area contributed by atoms with E-state index < -0.39 is 10.9 Å². The summed E-state index contributed by atoms with van der Waals surface area (Å²) in [5, 5.41) is 24.3. The molecule has 126 valence electrons. The molecule has 1 aromatic carbocycles. The molecule has 9 heteroatoms. The van der Waals surface area contributed by atoms with Gasteiger partial charge in [0.1, 0.15) is 0 Å². The summed E-state index contributed by atoms with van der Waals surface area (Å²) in [6.07, 6.45) is 1.09. The Kier molecular flexibility index (Phi) is 5.96. The highest BCUT2D eigenvalue weighted by molar-refractivity contribution is 7.09. The number of nitro benzene ring substituents is 1. The van der Waals surface area contributed by atoms with Crippen LogP contribution >= 0.6 is 11.3 Å². The molecule has 0 aliphatic rings. The van der Waals surface area contributed by atoms with Crippen molar-refractivity contribution in [2.24, 2.45) is 0 Å². The molecule has 8 nitrogen and oxygen atoms in total. The molecular formula is C15H15N3O5S. The topological polar surface area (TPSA) is 122 Å². The molecule has 1 heterocycles. The number of aryl methyl sites for hydroxylation is 1. The van der Waals surface area contributed by atoms with Gasteiger partial charge in [0.05, 0.1) is 9.93 Å². The fraction of sp³-hybridized carbons (Fsp3) is 0.267. The quantitative estimate of drug-likeness (QED) is 0.555. The van der Waals surface area contributed by atoms with Gasteiger partial charge >= 0.3 is 5.97 Å².